The second kappa shape index (κ2) is 3.61. The number of rotatable bonds is 1. The summed E-state index contributed by atoms with van der Waals surface area (Å²) >= 11 is 4.38. The van der Waals surface area contributed by atoms with Gasteiger partial charge in [-0.05, 0) is 0 Å². The van der Waals surface area contributed by atoms with Gasteiger partial charge in [0.1, 0.15) is 0 Å². The Morgan fingerprint density at radius 3 is 2.57 bits per heavy atom. The van der Waals surface area contributed by atoms with Crippen LogP contribution >= 0.6 is 12.6 Å². The average molecular weight is 116 g/mol. The van der Waals surface area contributed by atoms with Crippen LogP contribution in [0.25, 0.3) is 0 Å². The van der Waals surface area contributed by atoms with Crippen LogP contribution in [-0.2, 0) is 4.79 Å². The number of amides is 1. The molecular weight excluding hydrogens is 110 g/mol. The molecule has 0 saturated carbocycles. The molecule has 1 radical (unpaired) electrons. The van der Waals surface area contributed by atoms with Crippen LogP contribution in [0.5, 0.6) is 0 Å². The van der Waals surface area contributed by atoms with Crippen molar-refractivity contribution in [3.8, 4) is 0 Å². The van der Waals surface area contributed by atoms with E-state index in [0.717, 1.165) is 0 Å². The zero-order chi connectivity index (χ0) is 5.70. The summed E-state index contributed by atoms with van der Waals surface area (Å²) in [5.41, 5.74) is 0. The third-order valence-electron chi connectivity index (χ3n) is 0.355. The van der Waals surface area contributed by atoms with Crippen LogP contribution in [0.4, 0.5) is 0 Å². The van der Waals surface area contributed by atoms with Crippen molar-refractivity contribution in [1.29, 1.82) is 0 Å². The van der Waals surface area contributed by atoms with Gasteiger partial charge in [-0.1, -0.05) is 12.6 Å². The molecule has 2 nitrogen and oxygen atoms in total. The molecule has 0 aromatic carbocycles. The first-order valence-corrected chi connectivity index (χ1v) is 2.28. The SMILES string of the molecule is CC(=O)N/C=C/[S]. The highest BCUT2D eigenvalue weighted by molar-refractivity contribution is 7.83. The van der Waals surface area contributed by atoms with Gasteiger partial charge in [-0.2, -0.15) is 0 Å². The van der Waals surface area contributed by atoms with Gasteiger partial charge in [0.05, 0.1) is 0 Å². The zero-order valence-corrected chi connectivity index (χ0v) is 4.79. The maximum atomic E-state index is 9.99. The molecule has 0 bridgehead atoms. The van der Waals surface area contributed by atoms with Gasteiger partial charge in [-0.25, -0.2) is 0 Å². The van der Waals surface area contributed by atoms with Crippen LogP contribution in [0.2, 0.25) is 0 Å². The summed E-state index contributed by atoms with van der Waals surface area (Å²) in [6.45, 7) is 1.43. The Balaban J connectivity index is 3.14. The van der Waals surface area contributed by atoms with Gasteiger partial charge in [0.2, 0.25) is 5.91 Å². The molecule has 0 atom stereocenters. The molecule has 0 spiro atoms. The number of carbonyl (C=O) groups is 1. The smallest absolute Gasteiger partial charge is 0.220 e. The van der Waals surface area contributed by atoms with Gasteiger partial charge in [-0.15, -0.1) is 0 Å². The molecule has 0 saturated heterocycles. The van der Waals surface area contributed by atoms with E-state index in [1.165, 1.54) is 18.5 Å². The molecule has 3 heteroatoms. The number of carbonyl (C=O) groups excluding carboxylic acids is 1. The second-order valence-corrected chi connectivity index (χ2v) is 1.28. The van der Waals surface area contributed by atoms with Gasteiger partial charge >= 0.3 is 0 Å². The van der Waals surface area contributed by atoms with E-state index in [1.807, 2.05) is 0 Å². The van der Waals surface area contributed by atoms with Crippen LogP contribution < -0.4 is 5.32 Å². The topological polar surface area (TPSA) is 29.1 Å². The quantitative estimate of drug-likeness (QED) is 0.539. The molecule has 39 valence electrons. The van der Waals surface area contributed by atoms with Crippen LogP contribution in [0, 0.1) is 0 Å². The number of hydrogen-bond acceptors (Lipinski definition) is 1. The Kier molecular flexibility index (Phi) is 3.32. The third kappa shape index (κ3) is 5.43. The maximum Gasteiger partial charge on any atom is 0.220 e. The van der Waals surface area contributed by atoms with Crippen molar-refractivity contribution in [2.45, 2.75) is 6.92 Å². The van der Waals surface area contributed by atoms with Crippen LogP contribution in [0.3, 0.4) is 0 Å². The van der Waals surface area contributed by atoms with Gasteiger partial charge in [0, 0.05) is 18.5 Å². The molecule has 0 aliphatic carbocycles. The Bertz CT molecular complexity index is 89.7. The lowest BCUT2D eigenvalue weighted by molar-refractivity contribution is -0.118. The predicted octanol–water partition coefficient (Wildman–Crippen LogP) is 0.791. The molecule has 7 heavy (non-hydrogen) atoms. The molecule has 0 aliphatic rings. The van der Waals surface area contributed by atoms with Crippen molar-refractivity contribution in [2.24, 2.45) is 0 Å². The van der Waals surface area contributed by atoms with E-state index in [9.17, 15) is 4.79 Å². The molecule has 0 rings (SSSR count). The summed E-state index contributed by atoms with van der Waals surface area (Å²) in [6.07, 6.45) is 1.41. The monoisotopic (exact) mass is 116 g/mol. The first-order valence-electron chi connectivity index (χ1n) is 1.81. The molecular formula is C4H6NOS. The van der Waals surface area contributed by atoms with Crippen molar-refractivity contribution >= 4 is 18.5 Å². The van der Waals surface area contributed by atoms with Crippen molar-refractivity contribution in [1.82, 2.24) is 5.32 Å². The summed E-state index contributed by atoms with van der Waals surface area (Å²) < 4.78 is 0. The third-order valence-corrected chi connectivity index (χ3v) is 0.491. The van der Waals surface area contributed by atoms with E-state index in [1.54, 1.807) is 0 Å². The van der Waals surface area contributed by atoms with Gasteiger partial charge in [0.25, 0.3) is 0 Å². The van der Waals surface area contributed by atoms with E-state index in [0.29, 0.717) is 0 Å². The van der Waals surface area contributed by atoms with E-state index in [4.69, 9.17) is 0 Å². The fourth-order valence-corrected chi connectivity index (χ4v) is 0.219. The normalized spacial score (nSPS) is 9.29. The van der Waals surface area contributed by atoms with Crippen LogP contribution in [0.15, 0.2) is 11.6 Å². The molecule has 0 heterocycles. The molecule has 0 aromatic rings. The predicted molar refractivity (Wildman–Crippen MR) is 30.5 cm³/mol. The zero-order valence-electron chi connectivity index (χ0n) is 3.97. The minimum atomic E-state index is -0.0962. The summed E-state index contributed by atoms with van der Waals surface area (Å²) in [5.74, 6) is -0.0962. The lowest BCUT2D eigenvalue weighted by Crippen LogP contribution is -2.10. The average Bonchev–Trinajstić information content (AvgIpc) is 1.61. The number of nitrogens with one attached hydrogen (secondary N) is 1. The lowest BCUT2D eigenvalue weighted by Gasteiger charge is -1.84. The second-order valence-electron chi connectivity index (χ2n) is 1.00. The highest BCUT2D eigenvalue weighted by Gasteiger charge is 1.77. The number of hydrogen-bond donors (Lipinski definition) is 1. The molecule has 1 amide bonds. The Morgan fingerprint density at radius 2 is 2.43 bits per heavy atom. The summed E-state index contributed by atoms with van der Waals surface area (Å²) in [5, 5.41) is 3.72. The summed E-state index contributed by atoms with van der Waals surface area (Å²) in [7, 11) is 0. The van der Waals surface area contributed by atoms with Crippen molar-refractivity contribution in [3.05, 3.63) is 11.6 Å². The first-order chi connectivity index (χ1) is 3.27. The van der Waals surface area contributed by atoms with Crippen molar-refractivity contribution in [2.75, 3.05) is 0 Å². The fraction of sp³-hybridized carbons (Fsp3) is 0.250. The molecule has 0 aliphatic heterocycles. The minimum Gasteiger partial charge on any atom is -0.332 e. The Morgan fingerprint density at radius 1 is 1.86 bits per heavy atom. The van der Waals surface area contributed by atoms with Gasteiger partial charge in [0.15, 0.2) is 0 Å². The summed E-state index contributed by atoms with van der Waals surface area (Å²) in [6, 6.07) is 0. The standard InChI is InChI=1S/C4H6NOS/c1-4(6)5-2-3-7/h2-3H,1H3,(H,5,6)/b3-2+. The molecule has 0 unspecified atom stereocenters. The van der Waals surface area contributed by atoms with E-state index >= 15 is 0 Å². The van der Waals surface area contributed by atoms with E-state index < -0.39 is 0 Å². The molecule has 1 N–H and O–H groups in total. The first kappa shape index (κ1) is 6.43. The Labute approximate surface area is 48.0 Å². The van der Waals surface area contributed by atoms with Gasteiger partial charge in [-0.3, -0.25) is 4.79 Å². The summed E-state index contributed by atoms with van der Waals surface area (Å²) in [4.78, 5) is 9.99. The maximum absolute atomic E-state index is 9.99. The molecule has 0 fully saturated rings. The van der Waals surface area contributed by atoms with Crippen LogP contribution in [0.1, 0.15) is 6.92 Å². The highest BCUT2D eigenvalue weighted by atomic mass is 32.1. The van der Waals surface area contributed by atoms with Crippen molar-refractivity contribution in [3.63, 3.8) is 0 Å². The van der Waals surface area contributed by atoms with Gasteiger partial charge < -0.3 is 5.32 Å². The van der Waals surface area contributed by atoms with Crippen molar-refractivity contribution < 1.29 is 4.79 Å². The molecule has 0 aromatic heterocycles. The van der Waals surface area contributed by atoms with E-state index in [-0.39, 0.29) is 5.91 Å². The minimum absolute atomic E-state index is 0.0962. The van der Waals surface area contributed by atoms with Crippen LogP contribution in [-0.4, -0.2) is 5.91 Å². The largest absolute Gasteiger partial charge is 0.332 e. The fourth-order valence-electron chi connectivity index (χ4n) is 0.151. The van der Waals surface area contributed by atoms with E-state index in [2.05, 4.69) is 17.9 Å². The highest BCUT2D eigenvalue weighted by Crippen LogP contribution is 1.70. The Hall–Kier alpha value is -0.570. The lowest BCUT2D eigenvalue weighted by atomic mass is 10.7.